The molecule has 42 heavy (non-hydrogen) atoms. The van der Waals surface area contributed by atoms with Crippen molar-refractivity contribution in [3.63, 3.8) is 0 Å². The summed E-state index contributed by atoms with van der Waals surface area (Å²) in [5.41, 5.74) is 5.45. The highest BCUT2D eigenvalue weighted by Crippen LogP contribution is 2.45. The lowest BCUT2D eigenvalue weighted by Gasteiger charge is -2.19. The van der Waals surface area contributed by atoms with Gasteiger partial charge in [-0.25, -0.2) is 23.7 Å². The van der Waals surface area contributed by atoms with Crippen LogP contribution >= 0.6 is 0 Å². The van der Waals surface area contributed by atoms with Gasteiger partial charge in [0.05, 0.1) is 28.7 Å². The molecule has 1 aliphatic rings. The molecule has 0 bridgehead atoms. The highest BCUT2D eigenvalue weighted by atomic mass is 19.1. The van der Waals surface area contributed by atoms with Gasteiger partial charge >= 0.3 is 5.97 Å². The number of nitrogens with one attached hydrogen (secondary N) is 1. The van der Waals surface area contributed by atoms with Crippen molar-refractivity contribution in [1.29, 1.82) is 0 Å². The lowest BCUT2D eigenvalue weighted by atomic mass is 9.84. The predicted octanol–water partition coefficient (Wildman–Crippen LogP) is 4.30. The number of halogens is 2. The van der Waals surface area contributed by atoms with Crippen LogP contribution in [0.15, 0.2) is 53.1 Å². The maximum absolute atomic E-state index is 14.4. The van der Waals surface area contributed by atoms with E-state index in [0.717, 1.165) is 0 Å². The number of oxazole rings is 1. The van der Waals surface area contributed by atoms with E-state index in [9.17, 15) is 23.5 Å². The molecule has 11 nitrogen and oxygen atoms in total. The Kier molecular flexibility index (Phi) is 6.06. The van der Waals surface area contributed by atoms with E-state index >= 15 is 0 Å². The van der Waals surface area contributed by atoms with Crippen molar-refractivity contribution >= 4 is 34.4 Å². The summed E-state index contributed by atoms with van der Waals surface area (Å²) in [5.74, 6) is -2.40. The van der Waals surface area contributed by atoms with Crippen molar-refractivity contribution in [2.75, 3.05) is 11.1 Å². The van der Waals surface area contributed by atoms with Gasteiger partial charge in [-0.3, -0.25) is 14.3 Å². The molecule has 0 aliphatic carbocycles. The van der Waals surface area contributed by atoms with Gasteiger partial charge in [0.1, 0.15) is 35.2 Å². The molecule has 1 atom stereocenters. The van der Waals surface area contributed by atoms with E-state index < -0.39 is 34.3 Å². The Hall–Kier alpha value is -5.20. The molecule has 0 saturated heterocycles. The third-order valence-electron chi connectivity index (χ3n) is 7.51. The van der Waals surface area contributed by atoms with Crippen LogP contribution in [0.2, 0.25) is 0 Å². The zero-order valence-corrected chi connectivity index (χ0v) is 22.8. The molecular formula is C29H25F2N7O4. The standard InChI is InChI=1S/C29H25F2N7O4/c1-28(2,27(40)41)11-16-13-42-26(33-16)29(3)20-22(32)34-24(35-23(20)36-25(29)39)21-17-10-15(30)8-9-19(17)38(37-21)12-14-6-4-5-7-18(14)31/h4-10,13H,11-12H2,1-3H3,(H,40,41)(H3,32,34,35,36,39)/t29-/m0/s1. The van der Waals surface area contributed by atoms with Crippen LogP contribution in [0.25, 0.3) is 22.4 Å². The van der Waals surface area contributed by atoms with Gasteiger partial charge in [-0.1, -0.05) is 18.2 Å². The quantitative estimate of drug-likeness (QED) is 0.258. The Morgan fingerprint density at radius 2 is 1.93 bits per heavy atom. The zero-order chi connectivity index (χ0) is 30.0. The summed E-state index contributed by atoms with van der Waals surface area (Å²) in [6.07, 6.45) is 1.38. The van der Waals surface area contributed by atoms with E-state index in [-0.39, 0.29) is 47.6 Å². The van der Waals surface area contributed by atoms with Crippen molar-refractivity contribution in [3.05, 3.63) is 83.1 Å². The number of amides is 1. The largest absolute Gasteiger partial charge is 0.481 e. The van der Waals surface area contributed by atoms with Crippen LogP contribution in [0, 0.1) is 17.0 Å². The number of hydrogen-bond donors (Lipinski definition) is 3. The molecule has 3 aromatic heterocycles. The first-order valence-corrected chi connectivity index (χ1v) is 13.0. The van der Waals surface area contributed by atoms with Gasteiger partial charge in [-0.05, 0) is 45.0 Å². The van der Waals surface area contributed by atoms with Crippen molar-refractivity contribution in [2.45, 2.75) is 39.2 Å². The van der Waals surface area contributed by atoms with Crippen LogP contribution in [0.5, 0.6) is 0 Å². The average molecular weight is 574 g/mol. The summed E-state index contributed by atoms with van der Waals surface area (Å²) in [6, 6.07) is 10.3. The number of fused-ring (bicyclic) bond motifs is 2. The third kappa shape index (κ3) is 4.24. The zero-order valence-electron chi connectivity index (χ0n) is 22.8. The summed E-state index contributed by atoms with van der Waals surface area (Å²) in [4.78, 5) is 38.3. The van der Waals surface area contributed by atoms with Crippen LogP contribution < -0.4 is 11.1 Å². The number of nitrogen functional groups attached to an aromatic ring is 1. The summed E-state index contributed by atoms with van der Waals surface area (Å²) < 4.78 is 35.9. The lowest BCUT2D eigenvalue weighted by Crippen LogP contribution is -2.33. The van der Waals surface area contributed by atoms with E-state index in [1.807, 2.05) is 0 Å². The molecule has 2 aromatic carbocycles. The number of nitrogens with zero attached hydrogens (tertiary/aromatic N) is 5. The molecule has 0 radical (unpaired) electrons. The Morgan fingerprint density at radius 3 is 2.67 bits per heavy atom. The minimum atomic E-state index is -1.51. The first kappa shape index (κ1) is 27.0. The van der Waals surface area contributed by atoms with E-state index in [0.29, 0.717) is 22.2 Å². The number of hydrogen-bond acceptors (Lipinski definition) is 8. The second kappa shape index (κ2) is 9.43. The van der Waals surface area contributed by atoms with Gasteiger partial charge in [0.15, 0.2) is 11.2 Å². The molecule has 5 aromatic rings. The van der Waals surface area contributed by atoms with Crippen molar-refractivity contribution in [1.82, 2.24) is 24.7 Å². The number of aliphatic carboxylic acids is 1. The van der Waals surface area contributed by atoms with Crippen LogP contribution in [0.3, 0.4) is 0 Å². The average Bonchev–Trinajstić information content (AvgIpc) is 3.60. The lowest BCUT2D eigenvalue weighted by molar-refractivity contribution is -0.146. The summed E-state index contributed by atoms with van der Waals surface area (Å²) in [6.45, 7) is 4.74. The second-order valence-corrected chi connectivity index (χ2v) is 11.0. The van der Waals surface area contributed by atoms with Gasteiger partial charge in [-0.15, -0.1) is 0 Å². The summed E-state index contributed by atoms with van der Waals surface area (Å²) >= 11 is 0. The minimum Gasteiger partial charge on any atom is -0.481 e. The Balaban J connectivity index is 1.42. The molecule has 4 heterocycles. The fourth-order valence-corrected chi connectivity index (χ4v) is 5.09. The topological polar surface area (TPSA) is 162 Å². The minimum absolute atomic E-state index is 0.000301. The fraction of sp³-hybridized carbons (Fsp3) is 0.241. The molecule has 4 N–H and O–H groups in total. The van der Waals surface area contributed by atoms with E-state index in [1.165, 1.54) is 35.2 Å². The third-order valence-corrected chi connectivity index (χ3v) is 7.51. The number of aromatic nitrogens is 5. The molecule has 0 spiro atoms. The van der Waals surface area contributed by atoms with Gasteiger partial charge in [0.25, 0.3) is 0 Å². The maximum Gasteiger partial charge on any atom is 0.309 e. The Labute approximate surface area is 237 Å². The van der Waals surface area contributed by atoms with Crippen LogP contribution in [-0.4, -0.2) is 41.7 Å². The first-order chi connectivity index (χ1) is 19.9. The predicted molar refractivity (Wildman–Crippen MR) is 147 cm³/mol. The van der Waals surface area contributed by atoms with Gasteiger partial charge in [0.2, 0.25) is 11.8 Å². The monoisotopic (exact) mass is 573 g/mol. The van der Waals surface area contributed by atoms with Gasteiger partial charge < -0.3 is 20.6 Å². The molecule has 13 heteroatoms. The molecule has 0 unspecified atom stereocenters. The van der Waals surface area contributed by atoms with Gasteiger partial charge in [0, 0.05) is 17.4 Å². The van der Waals surface area contributed by atoms with E-state index in [1.54, 1.807) is 39.0 Å². The molecular weight excluding hydrogens is 548 g/mol. The highest BCUT2D eigenvalue weighted by molar-refractivity contribution is 6.08. The first-order valence-electron chi connectivity index (χ1n) is 13.0. The van der Waals surface area contributed by atoms with E-state index in [4.69, 9.17) is 10.2 Å². The van der Waals surface area contributed by atoms with Crippen LogP contribution in [-0.2, 0) is 28.0 Å². The molecule has 1 aliphatic heterocycles. The molecule has 214 valence electrons. The van der Waals surface area contributed by atoms with Gasteiger partial charge in [-0.2, -0.15) is 5.10 Å². The molecule has 0 fully saturated rings. The highest BCUT2D eigenvalue weighted by Gasteiger charge is 2.51. The fourth-order valence-electron chi connectivity index (χ4n) is 5.09. The summed E-state index contributed by atoms with van der Waals surface area (Å²) in [7, 11) is 0. The van der Waals surface area contributed by atoms with Crippen LogP contribution in [0.4, 0.5) is 20.4 Å². The van der Waals surface area contributed by atoms with Crippen LogP contribution in [0.1, 0.15) is 43.5 Å². The summed E-state index contributed by atoms with van der Waals surface area (Å²) in [5, 5.41) is 17.1. The molecule has 6 rings (SSSR count). The number of nitrogens with two attached hydrogens (primary N) is 1. The number of rotatable bonds is 7. The smallest absolute Gasteiger partial charge is 0.309 e. The number of anilines is 2. The normalized spacial score (nSPS) is 16.5. The number of benzene rings is 2. The Bertz CT molecular complexity index is 1920. The molecule has 0 saturated carbocycles. The van der Waals surface area contributed by atoms with E-state index in [2.05, 4.69) is 25.4 Å². The maximum atomic E-state index is 14.4. The van der Waals surface area contributed by atoms with Crippen molar-refractivity contribution in [2.24, 2.45) is 5.41 Å². The number of carboxylic acid groups (broad SMARTS) is 1. The number of carbonyl (C=O) groups is 2. The Morgan fingerprint density at radius 1 is 1.17 bits per heavy atom. The SMILES string of the molecule is CC(C)(Cc1coc([C@]2(C)C(=O)Nc3nc(-c4nn(Cc5ccccc5F)c5ccc(F)cc45)nc(N)c32)n1)C(=O)O. The second-order valence-electron chi connectivity index (χ2n) is 11.0. The number of carbonyl (C=O) groups excluding carboxylic acids is 1. The van der Waals surface area contributed by atoms with Crippen molar-refractivity contribution < 1.29 is 27.9 Å². The molecule has 1 amide bonds. The van der Waals surface area contributed by atoms with Crippen molar-refractivity contribution in [3.8, 4) is 11.5 Å². The number of carboxylic acids is 1.